The summed E-state index contributed by atoms with van der Waals surface area (Å²) in [4.78, 5) is 13.6. The van der Waals surface area contributed by atoms with Crippen LogP contribution in [-0.2, 0) is 11.3 Å². The number of hydrogen-bond acceptors (Lipinski definition) is 4. The monoisotopic (exact) mass is 337 g/mol. The Morgan fingerprint density at radius 1 is 1.20 bits per heavy atom. The zero-order valence-electron chi connectivity index (χ0n) is 15.3. The van der Waals surface area contributed by atoms with Gasteiger partial charge in [0.15, 0.2) is 5.82 Å². The van der Waals surface area contributed by atoms with Gasteiger partial charge in [-0.3, -0.25) is 4.79 Å². The Kier molecular flexibility index (Phi) is 4.44. The van der Waals surface area contributed by atoms with Crippen molar-refractivity contribution in [3.63, 3.8) is 0 Å². The van der Waals surface area contributed by atoms with E-state index >= 15 is 0 Å². The average molecular weight is 337 g/mol. The van der Waals surface area contributed by atoms with Crippen molar-refractivity contribution >= 4 is 28.3 Å². The Morgan fingerprint density at radius 3 is 2.52 bits per heavy atom. The number of anilines is 2. The normalized spacial score (nSPS) is 10.9. The SMILES string of the molecule is Cc1cc(C)c(Nc2nncc3c2ccn3CC(=O)N(C)C)c(C)c1. The standard InChI is InChI=1S/C19H23N5O/c1-12-8-13(2)18(14(3)9-12)21-19-15-6-7-24(11-17(25)23(4)5)16(15)10-20-22-19/h6-10H,11H2,1-5H3,(H,21,22). The first kappa shape index (κ1) is 17.0. The molecule has 130 valence electrons. The highest BCUT2D eigenvalue weighted by atomic mass is 16.2. The van der Waals surface area contributed by atoms with Crippen molar-refractivity contribution in [2.75, 3.05) is 19.4 Å². The molecule has 2 heterocycles. The maximum atomic E-state index is 12.0. The van der Waals surface area contributed by atoms with E-state index < -0.39 is 0 Å². The Labute approximate surface area is 147 Å². The highest BCUT2D eigenvalue weighted by Gasteiger charge is 2.13. The number of nitrogens with one attached hydrogen (secondary N) is 1. The van der Waals surface area contributed by atoms with Crippen molar-refractivity contribution in [1.29, 1.82) is 0 Å². The Balaban J connectivity index is 1.99. The molecule has 0 aliphatic carbocycles. The van der Waals surface area contributed by atoms with E-state index in [1.165, 1.54) is 16.7 Å². The number of hydrogen-bond donors (Lipinski definition) is 1. The molecule has 0 bridgehead atoms. The maximum absolute atomic E-state index is 12.0. The Bertz CT molecular complexity index is 919. The lowest BCUT2D eigenvalue weighted by molar-refractivity contribution is -0.129. The van der Waals surface area contributed by atoms with Crippen molar-refractivity contribution < 1.29 is 4.79 Å². The lowest BCUT2D eigenvalue weighted by Crippen LogP contribution is -2.25. The van der Waals surface area contributed by atoms with Gasteiger partial charge in [-0.1, -0.05) is 17.7 Å². The van der Waals surface area contributed by atoms with Gasteiger partial charge < -0.3 is 14.8 Å². The first-order valence-electron chi connectivity index (χ1n) is 8.22. The molecule has 3 aromatic rings. The minimum Gasteiger partial charge on any atom is -0.347 e. The van der Waals surface area contributed by atoms with E-state index in [2.05, 4.69) is 48.4 Å². The third kappa shape index (κ3) is 3.33. The van der Waals surface area contributed by atoms with Crippen molar-refractivity contribution in [1.82, 2.24) is 19.7 Å². The van der Waals surface area contributed by atoms with Crippen molar-refractivity contribution in [2.24, 2.45) is 0 Å². The van der Waals surface area contributed by atoms with E-state index in [9.17, 15) is 4.79 Å². The predicted octanol–water partition coefficient (Wildman–Crippen LogP) is 3.19. The molecule has 0 unspecified atom stereocenters. The molecule has 0 saturated heterocycles. The van der Waals surface area contributed by atoms with E-state index in [-0.39, 0.29) is 12.5 Å². The molecule has 0 atom stereocenters. The fourth-order valence-corrected chi connectivity index (χ4v) is 3.04. The van der Waals surface area contributed by atoms with E-state index in [1.54, 1.807) is 25.2 Å². The van der Waals surface area contributed by atoms with Gasteiger partial charge in [0.05, 0.1) is 11.7 Å². The molecule has 0 radical (unpaired) electrons. The van der Waals surface area contributed by atoms with Crippen LogP contribution in [0.3, 0.4) is 0 Å². The molecule has 0 spiro atoms. The summed E-state index contributed by atoms with van der Waals surface area (Å²) in [5, 5.41) is 12.7. The summed E-state index contributed by atoms with van der Waals surface area (Å²) >= 11 is 0. The lowest BCUT2D eigenvalue weighted by atomic mass is 10.1. The molecule has 0 aliphatic rings. The lowest BCUT2D eigenvalue weighted by Gasteiger charge is -2.14. The molecule has 1 aromatic carbocycles. The smallest absolute Gasteiger partial charge is 0.241 e. The van der Waals surface area contributed by atoms with Crippen molar-refractivity contribution in [3.8, 4) is 0 Å². The third-order valence-electron chi connectivity index (χ3n) is 4.32. The van der Waals surface area contributed by atoms with Crippen LogP contribution in [0.2, 0.25) is 0 Å². The number of rotatable bonds is 4. The quantitative estimate of drug-likeness (QED) is 0.794. The van der Waals surface area contributed by atoms with Crippen LogP contribution in [0.1, 0.15) is 16.7 Å². The van der Waals surface area contributed by atoms with Crippen LogP contribution in [0.5, 0.6) is 0 Å². The van der Waals surface area contributed by atoms with Crippen molar-refractivity contribution in [2.45, 2.75) is 27.3 Å². The second-order valence-electron chi connectivity index (χ2n) is 6.62. The van der Waals surface area contributed by atoms with E-state index in [0.717, 1.165) is 16.6 Å². The van der Waals surface area contributed by atoms with Gasteiger partial charge >= 0.3 is 0 Å². The highest BCUT2D eigenvalue weighted by Crippen LogP contribution is 2.29. The van der Waals surface area contributed by atoms with E-state index in [0.29, 0.717) is 5.82 Å². The van der Waals surface area contributed by atoms with Gasteiger partial charge in [-0.2, -0.15) is 5.10 Å². The molecule has 1 N–H and O–H groups in total. The van der Waals surface area contributed by atoms with Gasteiger partial charge in [0.2, 0.25) is 5.91 Å². The first-order chi connectivity index (χ1) is 11.9. The predicted molar refractivity (Wildman–Crippen MR) is 100 cm³/mol. The minimum absolute atomic E-state index is 0.0362. The van der Waals surface area contributed by atoms with E-state index in [4.69, 9.17) is 0 Å². The number of fused-ring (bicyclic) bond motifs is 1. The van der Waals surface area contributed by atoms with Crippen LogP contribution >= 0.6 is 0 Å². The van der Waals surface area contributed by atoms with Gasteiger partial charge in [-0.15, -0.1) is 5.10 Å². The average Bonchev–Trinajstić information content (AvgIpc) is 2.94. The van der Waals surface area contributed by atoms with Crippen LogP contribution in [0.4, 0.5) is 11.5 Å². The number of aromatic nitrogens is 3. The third-order valence-corrected chi connectivity index (χ3v) is 4.32. The second kappa shape index (κ2) is 6.55. The molecule has 0 fully saturated rings. The second-order valence-corrected chi connectivity index (χ2v) is 6.62. The number of amides is 1. The van der Waals surface area contributed by atoms with Crippen LogP contribution in [0.25, 0.3) is 10.9 Å². The molecule has 25 heavy (non-hydrogen) atoms. The molecule has 0 saturated carbocycles. The van der Waals surface area contributed by atoms with Gasteiger partial charge in [0.25, 0.3) is 0 Å². The molecular formula is C19H23N5O. The summed E-state index contributed by atoms with van der Waals surface area (Å²) in [5.74, 6) is 0.734. The van der Waals surface area contributed by atoms with Crippen LogP contribution in [0.15, 0.2) is 30.6 Å². The number of aryl methyl sites for hydroxylation is 3. The number of likely N-dealkylation sites (N-methyl/N-ethyl adjacent to an activating group) is 1. The first-order valence-corrected chi connectivity index (χ1v) is 8.22. The number of carbonyl (C=O) groups is 1. The van der Waals surface area contributed by atoms with Crippen molar-refractivity contribution in [3.05, 3.63) is 47.3 Å². The Morgan fingerprint density at radius 2 is 1.88 bits per heavy atom. The molecule has 6 nitrogen and oxygen atoms in total. The van der Waals surface area contributed by atoms with Crippen LogP contribution < -0.4 is 5.32 Å². The van der Waals surface area contributed by atoms with Gasteiger partial charge in [-0.05, 0) is 38.0 Å². The summed E-state index contributed by atoms with van der Waals surface area (Å²) in [6.45, 7) is 6.53. The molecule has 1 amide bonds. The van der Waals surface area contributed by atoms with E-state index in [1.807, 2.05) is 16.8 Å². The molecule has 6 heteroatoms. The summed E-state index contributed by atoms with van der Waals surface area (Å²) in [7, 11) is 3.51. The summed E-state index contributed by atoms with van der Waals surface area (Å²) in [5.41, 5.74) is 5.50. The Hall–Kier alpha value is -2.89. The minimum atomic E-state index is 0.0362. The van der Waals surface area contributed by atoms with Crippen LogP contribution in [-0.4, -0.2) is 39.7 Å². The highest BCUT2D eigenvalue weighted by molar-refractivity contribution is 5.92. The summed E-state index contributed by atoms with van der Waals surface area (Å²) in [6, 6.07) is 6.25. The maximum Gasteiger partial charge on any atom is 0.241 e. The van der Waals surface area contributed by atoms with Gasteiger partial charge in [0, 0.05) is 31.4 Å². The molecular weight excluding hydrogens is 314 g/mol. The zero-order chi connectivity index (χ0) is 18.1. The number of carbonyl (C=O) groups excluding carboxylic acids is 1. The number of nitrogens with zero attached hydrogens (tertiary/aromatic N) is 4. The topological polar surface area (TPSA) is 63.1 Å². The largest absolute Gasteiger partial charge is 0.347 e. The van der Waals surface area contributed by atoms with Crippen LogP contribution in [0, 0.1) is 20.8 Å². The number of benzene rings is 1. The summed E-state index contributed by atoms with van der Waals surface area (Å²) < 4.78 is 1.90. The van der Waals surface area contributed by atoms with Gasteiger partial charge in [0.1, 0.15) is 6.54 Å². The fraction of sp³-hybridized carbons (Fsp3) is 0.316. The molecule has 0 aliphatic heterocycles. The molecule has 2 aromatic heterocycles. The summed E-state index contributed by atoms with van der Waals surface area (Å²) in [6.07, 6.45) is 3.59. The van der Waals surface area contributed by atoms with Gasteiger partial charge in [-0.25, -0.2) is 0 Å². The molecule has 3 rings (SSSR count). The fourth-order valence-electron chi connectivity index (χ4n) is 3.04. The zero-order valence-corrected chi connectivity index (χ0v) is 15.3.